The maximum atomic E-state index is 5.34. The van der Waals surface area contributed by atoms with Crippen LogP contribution in [0.15, 0.2) is 34.5 Å². The average molecular weight is 237 g/mol. The lowest BCUT2D eigenvalue weighted by Crippen LogP contribution is -2.07. The van der Waals surface area contributed by atoms with E-state index in [1.165, 1.54) is 52.9 Å². The molecule has 90 valence electrons. The van der Waals surface area contributed by atoms with E-state index in [0.29, 0.717) is 0 Å². The molecule has 1 fully saturated rings. The Morgan fingerprint density at radius 3 is 2.94 bits per heavy atom. The zero-order chi connectivity index (χ0) is 12.1. The van der Waals surface area contributed by atoms with Crippen LogP contribution in [0.2, 0.25) is 0 Å². The molecule has 1 aliphatic heterocycles. The summed E-state index contributed by atoms with van der Waals surface area (Å²) < 4.78 is 5.34. The van der Waals surface area contributed by atoms with Gasteiger partial charge in [-0.05, 0) is 60.6 Å². The van der Waals surface area contributed by atoms with Gasteiger partial charge in [0.05, 0.1) is 12.8 Å². The van der Waals surface area contributed by atoms with Gasteiger partial charge in [0.1, 0.15) is 5.75 Å². The van der Waals surface area contributed by atoms with Gasteiger partial charge < -0.3 is 4.74 Å². The molecular formula is C16H15NO. The van der Waals surface area contributed by atoms with Crippen LogP contribution >= 0.6 is 0 Å². The lowest BCUT2D eigenvalue weighted by molar-refractivity contribution is 0.414. The molecule has 0 unspecified atom stereocenters. The van der Waals surface area contributed by atoms with Crippen molar-refractivity contribution in [1.29, 1.82) is 0 Å². The van der Waals surface area contributed by atoms with E-state index in [0.717, 1.165) is 12.2 Å². The summed E-state index contributed by atoms with van der Waals surface area (Å²) in [5, 5.41) is 0. The molecule has 0 N–H and O–H groups in total. The third kappa shape index (κ3) is 1.26. The smallest absolute Gasteiger partial charge is 0.119 e. The summed E-state index contributed by atoms with van der Waals surface area (Å²) in [5.41, 5.74) is 7.95. The van der Waals surface area contributed by atoms with E-state index in [1.54, 1.807) is 7.11 Å². The fraction of sp³-hybridized carbons (Fsp3) is 0.312. The number of rotatable bonds is 1. The summed E-state index contributed by atoms with van der Waals surface area (Å²) in [6.45, 7) is 0. The molecule has 1 saturated carbocycles. The molecule has 0 bridgehead atoms. The number of ether oxygens (including phenoxy) is 1. The Kier molecular flexibility index (Phi) is 2.01. The van der Waals surface area contributed by atoms with E-state index in [-0.39, 0.29) is 0 Å². The summed E-state index contributed by atoms with van der Waals surface area (Å²) in [4.78, 5) is 4.81. The van der Waals surface area contributed by atoms with Gasteiger partial charge >= 0.3 is 0 Å². The van der Waals surface area contributed by atoms with E-state index < -0.39 is 0 Å². The van der Waals surface area contributed by atoms with Crippen molar-refractivity contribution in [3.63, 3.8) is 0 Å². The Morgan fingerprint density at radius 1 is 1.17 bits per heavy atom. The first-order chi connectivity index (χ1) is 8.86. The highest BCUT2D eigenvalue weighted by Crippen LogP contribution is 2.46. The van der Waals surface area contributed by atoms with Crippen molar-refractivity contribution < 1.29 is 4.74 Å². The molecule has 3 aliphatic rings. The largest absolute Gasteiger partial charge is 0.497 e. The number of benzene rings is 1. The van der Waals surface area contributed by atoms with Crippen molar-refractivity contribution in [1.82, 2.24) is 0 Å². The van der Waals surface area contributed by atoms with E-state index >= 15 is 0 Å². The van der Waals surface area contributed by atoms with Crippen LogP contribution in [0.1, 0.15) is 36.8 Å². The normalized spacial score (nSPS) is 20.1. The molecule has 2 aliphatic carbocycles. The summed E-state index contributed by atoms with van der Waals surface area (Å²) >= 11 is 0. The molecule has 18 heavy (non-hydrogen) atoms. The molecule has 0 saturated heterocycles. The summed E-state index contributed by atoms with van der Waals surface area (Å²) in [7, 11) is 1.72. The minimum absolute atomic E-state index is 0.931. The molecule has 0 radical (unpaired) electrons. The first kappa shape index (κ1) is 10.1. The van der Waals surface area contributed by atoms with E-state index in [4.69, 9.17) is 9.73 Å². The minimum Gasteiger partial charge on any atom is -0.497 e. The van der Waals surface area contributed by atoms with Gasteiger partial charge in [0.15, 0.2) is 0 Å². The second-order valence-corrected chi connectivity index (χ2v) is 5.10. The van der Waals surface area contributed by atoms with Crippen LogP contribution in [0, 0.1) is 0 Å². The summed E-state index contributed by atoms with van der Waals surface area (Å²) in [6.07, 6.45) is 7.12. The van der Waals surface area contributed by atoms with Gasteiger partial charge in [-0.15, -0.1) is 0 Å². The molecule has 1 aromatic carbocycles. The van der Waals surface area contributed by atoms with Gasteiger partial charge in [-0.3, -0.25) is 4.99 Å². The molecular weight excluding hydrogens is 222 g/mol. The second kappa shape index (κ2) is 3.58. The molecule has 4 rings (SSSR count). The Hall–Kier alpha value is -1.83. The third-order valence-electron chi connectivity index (χ3n) is 4.07. The Balaban J connectivity index is 1.91. The van der Waals surface area contributed by atoms with Gasteiger partial charge in [-0.25, -0.2) is 0 Å². The number of nitrogens with zero attached hydrogens (tertiary/aromatic N) is 1. The number of aliphatic imine (C=N–C) groups is 1. The number of methoxy groups -OCH3 is 1. The Bertz CT molecular complexity index is 634. The van der Waals surface area contributed by atoms with Crippen LogP contribution in [-0.2, 0) is 0 Å². The molecule has 1 aromatic rings. The van der Waals surface area contributed by atoms with E-state index in [9.17, 15) is 0 Å². The maximum absolute atomic E-state index is 5.34. The van der Waals surface area contributed by atoms with Crippen molar-refractivity contribution in [3.05, 3.63) is 40.6 Å². The summed E-state index contributed by atoms with van der Waals surface area (Å²) in [6, 6.07) is 6.30. The monoisotopic (exact) mass is 237 g/mol. The van der Waals surface area contributed by atoms with Crippen molar-refractivity contribution >= 4 is 17.4 Å². The predicted octanol–water partition coefficient (Wildman–Crippen LogP) is 3.83. The minimum atomic E-state index is 0.931. The van der Waals surface area contributed by atoms with Crippen LogP contribution < -0.4 is 4.74 Å². The molecule has 2 nitrogen and oxygen atoms in total. The zero-order valence-electron chi connectivity index (χ0n) is 10.5. The van der Waals surface area contributed by atoms with Crippen molar-refractivity contribution in [2.45, 2.75) is 25.7 Å². The maximum Gasteiger partial charge on any atom is 0.119 e. The van der Waals surface area contributed by atoms with Gasteiger partial charge in [-0.1, -0.05) is 6.07 Å². The summed E-state index contributed by atoms with van der Waals surface area (Å²) in [5.74, 6) is 0.931. The Labute approximate surface area is 107 Å². The van der Waals surface area contributed by atoms with Gasteiger partial charge in [0.2, 0.25) is 0 Å². The predicted molar refractivity (Wildman–Crippen MR) is 73.8 cm³/mol. The van der Waals surface area contributed by atoms with Crippen molar-refractivity contribution in [2.24, 2.45) is 4.99 Å². The van der Waals surface area contributed by atoms with Crippen LogP contribution in [0.5, 0.6) is 5.75 Å². The molecule has 0 atom stereocenters. The van der Waals surface area contributed by atoms with Crippen LogP contribution in [0.4, 0.5) is 0 Å². The zero-order valence-corrected chi connectivity index (χ0v) is 10.5. The topological polar surface area (TPSA) is 21.6 Å². The lowest BCUT2D eigenvalue weighted by atomic mass is 9.89. The molecule has 1 heterocycles. The molecule has 2 heteroatoms. The Morgan fingerprint density at radius 2 is 2.06 bits per heavy atom. The SMILES string of the molecule is COc1ccc2c(c1)C1=C3CCCCC3=NC1=C2. The molecule has 0 amide bonds. The molecule has 0 aromatic heterocycles. The highest BCUT2D eigenvalue weighted by Gasteiger charge is 2.31. The van der Waals surface area contributed by atoms with Crippen LogP contribution in [0.3, 0.4) is 0 Å². The third-order valence-corrected chi connectivity index (χ3v) is 4.07. The number of hydrogen-bond acceptors (Lipinski definition) is 2. The first-order valence-corrected chi connectivity index (χ1v) is 6.58. The molecule has 0 spiro atoms. The van der Waals surface area contributed by atoms with Crippen LogP contribution in [-0.4, -0.2) is 12.8 Å². The van der Waals surface area contributed by atoms with Gasteiger partial charge in [0, 0.05) is 11.3 Å². The lowest BCUT2D eigenvalue weighted by Gasteiger charge is -2.15. The fourth-order valence-electron chi connectivity index (χ4n) is 3.19. The van der Waals surface area contributed by atoms with Crippen LogP contribution in [0.25, 0.3) is 11.6 Å². The number of allylic oxidation sites excluding steroid dienone is 2. The second-order valence-electron chi connectivity index (χ2n) is 5.10. The quantitative estimate of drug-likeness (QED) is 0.727. The highest BCUT2D eigenvalue weighted by molar-refractivity contribution is 6.17. The average Bonchev–Trinajstić information content (AvgIpc) is 2.93. The van der Waals surface area contributed by atoms with Crippen molar-refractivity contribution in [2.75, 3.05) is 7.11 Å². The number of fused-ring (bicyclic) bond motifs is 4. The van der Waals surface area contributed by atoms with Gasteiger partial charge in [-0.2, -0.15) is 0 Å². The van der Waals surface area contributed by atoms with E-state index in [2.05, 4.69) is 18.2 Å². The van der Waals surface area contributed by atoms with Crippen molar-refractivity contribution in [3.8, 4) is 5.75 Å². The standard InChI is InChI=1S/C16H15NO/c1-18-11-7-6-10-8-15-16(13(10)9-11)12-4-2-3-5-14(12)17-15/h6-9H,2-5H2,1H3. The highest BCUT2D eigenvalue weighted by atomic mass is 16.5. The van der Waals surface area contributed by atoms with E-state index in [1.807, 2.05) is 6.07 Å². The first-order valence-electron chi connectivity index (χ1n) is 6.58. The number of hydrogen-bond donors (Lipinski definition) is 0. The fourth-order valence-corrected chi connectivity index (χ4v) is 3.19. The van der Waals surface area contributed by atoms with Gasteiger partial charge in [0.25, 0.3) is 0 Å².